The fourth-order valence-electron chi connectivity index (χ4n) is 4.23. The van der Waals surface area contributed by atoms with Gasteiger partial charge < -0.3 is 19.0 Å². The first-order valence-corrected chi connectivity index (χ1v) is 12.2. The third-order valence-corrected chi connectivity index (χ3v) is 6.96. The first kappa shape index (κ1) is 22.1. The van der Waals surface area contributed by atoms with Crippen LogP contribution in [-0.2, 0) is 13.6 Å². The highest BCUT2D eigenvalue weighted by atomic mass is 32.2. The zero-order valence-electron chi connectivity index (χ0n) is 18.9. The Hall–Kier alpha value is -3.71. The minimum absolute atomic E-state index is 0.0435. The van der Waals surface area contributed by atoms with Crippen molar-refractivity contribution in [2.75, 3.05) is 23.7 Å². The topological polar surface area (TPSA) is 109 Å². The van der Waals surface area contributed by atoms with Crippen molar-refractivity contribution in [3.8, 4) is 6.07 Å². The van der Waals surface area contributed by atoms with Crippen molar-refractivity contribution < 1.29 is 9.52 Å². The Morgan fingerprint density at radius 2 is 1.97 bits per heavy atom. The summed E-state index contributed by atoms with van der Waals surface area (Å²) in [6.07, 6.45) is 5.13. The van der Waals surface area contributed by atoms with Crippen LogP contribution in [0.2, 0.25) is 0 Å². The smallest absolute Gasteiger partial charge is 0.228 e. The fraction of sp³-hybridized carbons (Fsp3) is 0.333. The Balaban J connectivity index is 1.43. The molecule has 0 radical (unpaired) electrons. The molecule has 1 saturated heterocycles. The van der Waals surface area contributed by atoms with Gasteiger partial charge >= 0.3 is 0 Å². The van der Waals surface area contributed by atoms with E-state index >= 15 is 0 Å². The van der Waals surface area contributed by atoms with E-state index in [0.29, 0.717) is 17.5 Å². The van der Waals surface area contributed by atoms with Gasteiger partial charge in [-0.05, 0) is 43.5 Å². The summed E-state index contributed by atoms with van der Waals surface area (Å²) in [5.41, 5.74) is 1.83. The second-order valence-electron chi connectivity index (χ2n) is 8.20. The molecule has 0 aliphatic carbocycles. The molecule has 174 valence electrons. The molecule has 0 amide bonds. The number of thioether (sulfide) groups is 1. The highest BCUT2D eigenvalue weighted by Crippen LogP contribution is 2.29. The Kier molecular flexibility index (Phi) is 6.27. The molecule has 1 fully saturated rings. The lowest BCUT2D eigenvalue weighted by atomic mass is 10.1. The normalized spacial score (nSPS) is 14.9. The molecular weight excluding hydrogens is 450 g/mol. The van der Waals surface area contributed by atoms with Crippen LogP contribution in [0.1, 0.15) is 30.8 Å². The lowest BCUT2D eigenvalue weighted by Crippen LogP contribution is -2.32. The SMILES string of the molecule is Cn1c(/C(C#N)=C(\O)CSc2nnc(N3CCCCC3)n2Cc2ccco2)nc2ccccc21. The van der Waals surface area contributed by atoms with Crippen molar-refractivity contribution in [1.29, 1.82) is 5.26 Å². The lowest BCUT2D eigenvalue weighted by Gasteiger charge is -2.27. The first-order valence-electron chi connectivity index (χ1n) is 11.2. The van der Waals surface area contributed by atoms with Crippen LogP contribution in [0.15, 0.2) is 58.0 Å². The number of nitriles is 1. The van der Waals surface area contributed by atoms with Gasteiger partial charge in [0.05, 0.1) is 29.6 Å². The fourth-order valence-corrected chi connectivity index (χ4v) is 5.04. The number of benzene rings is 1. The van der Waals surface area contributed by atoms with E-state index in [0.717, 1.165) is 48.7 Å². The number of hydrogen-bond donors (Lipinski definition) is 1. The van der Waals surface area contributed by atoms with Crippen molar-refractivity contribution >= 4 is 34.3 Å². The molecule has 0 saturated carbocycles. The average Bonchev–Trinajstić information content (AvgIpc) is 3.60. The van der Waals surface area contributed by atoms with Gasteiger partial charge in [0.1, 0.15) is 23.2 Å². The zero-order chi connectivity index (χ0) is 23.5. The molecule has 10 heteroatoms. The largest absolute Gasteiger partial charge is 0.510 e. The minimum atomic E-state index is -0.0435. The molecular formula is C24H25N7O2S. The minimum Gasteiger partial charge on any atom is -0.510 e. The number of fused-ring (bicyclic) bond motifs is 1. The monoisotopic (exact) mass is 475 g/mol. The molecule has 0 spiro atoms. The van der Waals surface area contributed by atoms with Gasteiger partial charge in [-0.25, -0.2) is 4.98 Å². The van der Waals surface area contributed by atoms with E-state index in [9.17, 15) is 10.4 Å². The number of aryl methyl sites for hydroxylation is 1. The number of imidazole rings is 1. The number of para-hydroxylation sites is 2. The number of piperidine rings is 1. The third kappa shape index (κ3) is 4.26. The highest BCUT2D eigenvalue weighted by molar-refractivity contribution is 7.99. The predicted octanol–water partition coefficient (Wildman–Crippen LogP) is 4.38. The van der Waals surface area contributed by atoms with Gasteiger partial charge in [0.15, 0.2) is 11.0 Å². The molecule has 0 atom stereocenters. The molecule has 3 aromatic heterocycles. The number of furan rings is 1. The molecule has 34 heavy (non-hydrogen) atoms. The number of rotatable bonds is 7. The standard InChI is InChI=1S/C24H25N7O2S/c1-29-20-10-4-3-9-19(20)26-22(29)18(14-25)21(32)16-34-24-28-27-23(30-11-5-2-6-12-30)31(24)15-17-8-7-13-33-17/h3-4,7-10,13,32H,2,5-6,11-12,15-16H2,1H3/b21-18-. The summed E-state index contributed by atoms with van der Waals surface area (Å²) < 4.78 is 9.41. The quantitative estimate of drug-likeness (QED) is 0.238. The van der Waals surface area contributed by atoms with Gasteiger partial charge in [0.25, 0.3) is 0 Å². The van der Waals surface area contributed by atoms with Crippen LogP contribution in [0.5, 0.6) is 0 Å². The van der Waals surface area contributed by atoms with E-state index in [-0.39, 0.29) is 17.1 Å². The van der Waals surface area contributed by atoms with Crippen molar-refractivity contribution in [3.05, 3.63) is 60.0 Å². The molecule has 5 rings (SSSR count). The molecule has 1 N–H and O–H groups in total. The second kappa shape index (κ2) is 9.65. The van der Waals surface area contributed by atoms with Crippen molar-refractivity contribution in [1.82, 2.24) is 24.3 Å². The summed E-state index contributed by atoms with van der Waals surface area (Å²) in [5.74, 6) is 2.17. The van der Waals surface area contributed by atoms with Gasteiger partial charge in [0.2, 0.25) is 5.95 Å². The number of anilines is 1. The van der Waals surface area contributed by atoms with Crippen LogP contribution < -0.4 is 4.90 Å². The number of nitrogens with zero attached hydrogens (tertiary/aromatic N) is 7. The van der Waals surface area contributed by atoms with E-state index in [1.165, 1.54) is 18.2 Å². The van der Waals surface area contributed by atoms with Crippen LogP contribution in [0.3, 0.4) is 0 Å². The lowest BCUT2D eigenvalue weighted by molar-refractivity contribution is 0.420. The Morgan fingerprint density at radius 3 is 2.71 bits per heavy atom. The Morgan fingerprint density at radius 1 is 1.15 bits per heavy atom. The molecule has 0 unspecified atom stereocenters. The molecule has 0 bridgehead atoms. The van der Waals surface area contributed by atoms with Crippen LogP contribution in [0.25, 0.3) is 16.6 Å². The summed E-state index contributed by atoms with van der Waals surface area (Å²) in [6.45, 7) is 2.38. The molecule has 1 aliphatic heterocycles. The number of aromatic nitrogens is 5. The zero-order valence-corrected chi connectivity index (χ0v) is 19.7. The van der Waals surface area contributed by atoms with Crippen molar-refractivity contribution in [3.63, 3.8) is 0 Å². The van der Waals surface area contributed by atoms with E-state index in [1.54, 1.807) is 6.26 Å². The van der Waals surface area contributed by atoms with Gasteiger partial charge in [-0.15, -0.1) is 10.2 Å². The Labute approximate surface area is 201 Å². The van der Waals surface area contributed by atoms with Gasteiger partial charge in [-0.2, -0.15) is 5.26 Å². The maximum atomic E-state index is 10.9. The number of hydrogen-bond acceptors (Lipinski definition) is 8. The summed E-state index contributed by atoms with van der Waals surface area (Å²) >= 11 is 1.34. The van der Waals surface area contributed by atoms with Crippen LogP contribution in [0, 0.1) is 11.3 Å². The molecule has 9 nitrogen and oxygen atoms in total. The predicted molar refractivity (Wildman–Crippen MR) is 130 cm³/mol. The Bertz CT molecular complexity index is 1360. The molecule has 4 heterocycles. The van der Waals surface area contributed by atoms with E-state index in [4.69, 9.17) is 4.42 Å². The summed E-state index contributed by atoms with van der Waals surface area (Å²) in [4.78, 5) is 6.80. The third-order valence-electron chi connectivity index (χ3n) is 5.98. The molecule has 1 aromatic carbocycles. The average molecular weight is 476 g/mol. The highest BCUT2D eigenvalue weighted by Gasteiger charge is 2.22. The van der Waals surface area contributed by atoms with E-state index < -0.39 is 0 Å². The summed E-state index contributed by atoms with van der Waals surface area (Å²) in [6, 6.07) is 13.6. The summed E-state index contributed by atoms with van der Waals surface area (Å²) in [5, 5.41) is 30.2. The molecule has 4 aromatic rings. The van der Waals surface area contributed by atoms with Gasteiger partial charge in [-0.3, -0.25) is 4.57 Å². The van der Waals surface area contributed by atoms with Crippen LogP contribution >= 0.6 is 11.8 Å². The van der Waals surface area contributed by atoms with Gasteiger partial charge in [0, 0.05) is 20.1 Å². The van der Waals surface area contributed by atoms with E-state index in [2.05, 4.69) is 26.2 Å². The maximum absolute atomic E-state index is 10.9. The van der Waals surface area contributed by atoms with Crippen LogP contribution in [0.4, 0.5) is 5.95 Å². The summed E-state index contributed by atoms with van der Waals surface area (Å²) in [7, 11) is 1.84. The van der Waals surface area contributed by atoms with Crippen molar-refractivity contribution in [2.45, 2.75) is 31.0 Å². The molecule has 1 aliphatic rings. The van der Waals surface area contributed by atoms with Crippen LogP contribution in [-0.4, -0.2) is 48.3 Å². The maximum Gasteiger partial charge on any atom is 0.228 e. The second-order valence-corrected chi connectivity index (χ2v) is 9.14. The number of allylic oxidation sites excluding steroid dienone is 1. The van der Waals surface area contributed by atoms with E-state index in [1.807, 2.05) is 52.6 Å². The van der Waals surface area contributed by atoms with Crippen molar-refractivity contribution in [2.24, 2.45) is 7.05 Å². The number of aliphatic hydroxyl groups excluding tert-OH is 1. The number of aliphatic hydroxyl groups is 1. The van der Waals surface area contributed by atoms with Gasteiger partial charge in [-0.1, -0.05) is 23.9 Å². The first-order chi connectivity index (χ1) is 16.7.